The van der Waals surface area contributed by atoms with E-state index < -0.39 is 0 Å². The lowest BCUT2D eigenvalue weighted by Gasteiger charge is -2.01. The number of nitrogens with two attached hydrogens (primary N) is 1. The number of benzene rings is 1. The van der Waals surface area contributed by atoms with Gasteiger partial charge < -0.3 is 5.73 Å². The zero-order valence-corrected chi connectivity index (χ0v) is 12.2. The second-order valence-corrected chi connectivity index (χ2v) is 5.42. The molecule has 0 bridgehead atoms. The van der Waals surface area contributed by atoms with Gasteiger partial charge in [-0.3, -0.25) is 9.89 Å². The first-order chi connectivity index (χ1) is 9.04. The average molecular weight is 367 g/mol. The largest absolute Gasteiger partial charge is 0.398 e. The van der Waals surface area contributed by atoms with Crippen molar-refractivity contribution in [1.29, 1.82) is 0 Å². The Morgan fingerprint density at radius 3 is 2.89 bits per heavy atom. The molecule has 0 aliphatic rings. The fraction of sp³-hybridized carbons (Fsp3) is 0.0833. The molecular weight excluding hydrogens is 357 g/mol. The van der Waals surface area contributed by atoms with Crippen LogP contribution in [0.4, 0.5) is 5.69 Å². The molecule has 6 nitrogen and oxygen atoms in total. The van der Waals surface area contributed by atoms with E-state index in [0.29, 0.717) is 23.0 Å². The number of rotatable bonds is 1. The molecule has 3 aromatic rings. The smallest absolute Gasteiger partial charge is 0.274 e. The van der Waals surface area contributed by atoms with E-state index in [2.05, 4.69) is 37.7 Å². The topological polar surface area (TPSA) is 89.1 Å². The average Bonchev–Trinajstić information content (AvgIpc) is 2.76. The van der Waals surface area contributed by atoms with Gasteiger partial charge in [0.2, 0.25) is 0 Å². The Morgan fingerprint density at radius 1 is 1.32 bits per heavy atom. The minimum Gasteiger partial charge on any atom is -0.398 e. The molecule has 0 amide bonds. The second-order valence-electron chi connectivity index (χ2n) is 4.17. The highest BCUT2D eigenvalue weighted by Gasteiger charge is 2.11. The van der Waals surface area contributed by atoms with Crippen LogP contribution in [0.2, 0.25) is 0 Å². The number of hydrogen-bond donors (Lipinski definition) is 2. The van der Waals surface area contributed by atoms with Gasteiger partial charge in [0.15, 0.2) is 5.82 Å². The predicted octanol–water partition coefficient (Wildman–Crippen LogP) is 1.58. The summed E-state index contributed by atoms with van der Waals surface area (Å²) >= 11 is 2.20. The number of nitrogens with one attached hydrogen (secondary N) is 1. The molecule has 96 valence electrons. The van der Waals surface area contributed by atoms with Crippen molar-refractivity contribution in [2.24, 2.45) is 0 Å². The van der Waals surface area contributed by atoms with Crippen LogP contribution >= 0.6 is 22.6 Å². The Labute approximate surface area is 121 Å². The lowest BCUT2D eigenvalue weighted by Crippen LogP contribution is -2.14. The summed E-state index contributed by atoms with van der Waals surface area (Å²) in [7, 11) is 0. The third-order valence-corrected chi connectivity index (χ3v) is 3.40. The molecule has 0 fully saturated rings. The SMILES string of the molecule is Cc1cc(=O)n2[nH]c(-c3cc(I)ccc3N)nc2n1. The number of aromatic amines is 1. The highest BCUT2D eigenvalue weighted by molar-refractivity contribution is 14.1. The quantitative estimate of drug-likeness (QED) is 0.505. The molecule has 2 heterocycles. The van der Waals surface area contributed by atoms with E-state index in [9.17, 15) is 4.79 Å². The lowest BCUT2D eigenvalue weighted by atomic mass is 10.2. The fourth-order valence-corrected chi connectivity index (χ4v) is 2.34. The summed E-state index contributed by atoms with van der Waals surface area (Å²) in [6.45, 7) is 1.76. The summed E-state index contributed by atoms with van der Waals surface area (Å²) in [6.07, 6.45) is 0. The fourth-order valence-electron chi connectivity index (χ4n) is 1.85. The van der Waals surface area contributed by atoms with Crippen LogP contribution in [-0.4, -0.2) is 19.6 Å². The van der Waals surface area contributed by atoms with Crippen LogP contribution in [0.3, 0.4) is 0 Å². The van der Waals surface area contributed by atoms with Crippen LogP contribution < -0.4 is 11.3 Å². The molecular formula is C12H10IN5O. The van der Waals surface area contributed by atoms with Gasteiger partial charge in [-0.15, -0.1) is 0 Å². The first-order valence-corrected chi connectivity index (χ1v) is 6.64. The van der Waals surface area contributed by atoms with Crippen molar-refractivity contribution in [2.45, 2.75) is 6.92 Å². The van der Waals surface area contributed by atoms with E-state index in [1.165, 1.54) is 10.6 Å². The van der Waals surface area contributed by atoms with Gasteiger partial charge in [-0.25, -0.2) is 4.98 Å². The minimum absolute atomic E-state index is 0.189. The van der Waals surface area contributed by atoms with Gasteiger partial charge in [0.25, 0.3) is 11.3 Å². The van der Waals surface area contributed by atoms with E-state index in [0.717, 1.165) is 9.13 Å². The van der Waals surface area contributed by atoms with Crippen LogP contribution in [0.15, 0.2) is 29.1 Å². The molecule has 0 aliphatic carbocycles. The number of anilines is 1. The van der Waals surface area contributed by atoms with Gasteiger partial charge in [-0.2, -0.15) is 9.50 Å². The van der Waals surface area contributed by atoms with Crippen molar-refractivity contribution in [1.82, 2.24) is 19.6 Å². The number of H-pyrrole nitrogens is 1. The molecule has 7 heteroatoms. The summed E-state index contributed by atoms with van der Waals surface area (Å²) < 4.78 is 2.35. The summed E-state index contributed by atoms with van der Waals surface area (Å²) in [5.41, 5.74) is 7.75. The van der Waals surface area contributed by atoms with Crippen molar-refractivity contribution in [2.75, 3.05) is 5.73 Å². The van der Waals surface area contributed by atoms with Crippen molar-refractivity contribution in [3.8, 4) is 11.4 Å². The van der Waals surface area contributed by atoms with E-state index in [1.807, 2.05) is 18.2 Å². The van der Waals surface area contributed by atoms with Crippen LogP contribution in [-0.2, 0) is 0 Å². The zero-order chi connectivity index (χ0) is 13.6. The van der Waals surface area contributed by atoms with Crippen LogP contribution in [0.5, 0.6) is 0 Å². The maximum Gasteiger partial charge on any atom is 0.274 e. The summed E-state index contributed by atoms with van der Waals surface area (Å²) in [5.74, 6) is 0.879. The van der Waals surface area contributed by atoms with Crippen molar-refractivity contribution < 1.29 is 0 Å². The summed E-state index contributed by atoms with van der Waals surface area (Å²) in [6, 6.07) is 7.08. The second kappa shape index (κ2) is 4.34. The third kappa shape index (κ3) is 2.09. The molecule has 3 N–H and O–H groups in total. The van der Waals surface area contributed by atoms with Crippen molar-refractivity contribution in [3.63, 3.8) is 0 Å². The maximum atomic E-state index is 11.8. The first kappa shape index (κ1) is 12.2. The zero-order valence-electron chi connectivity index (χ0n) is 10.0. The van der Waals surface area contributed by atoms with Crippen molar-refractivity contribution in [3.05, 3.63) is 43.9 Å². The summed E-state index contributed by atoms with van der Waals surface area (Å²) in [4.78, 5) is 20.3. The van der Waals surface area contributed by atoms with Crippen LogP contribution in [0.25, 0.3) is 17.2 Å². The van der Waals surface area contributed by atoms with Crippen LogP contribution in [0.1, 0.15) is 5.69 Å². The molecule has 0 unspecified atom stereocenters. The van der Waals surface area contributed by atoms with Gasteiger partial charge in [0.1, 0.15) is 0 Å². The Balaban J connectivity index is 2.29. The normalized spacial score (nSPS) is 11.1. The number of aromatic nitrogens is 4. The number of nitrogen functional groups attached to an aromatic ring is 1. The van der Waals surface area contributed by atoms with Gasteiger partial charge in [-0.1, -0.05) is 0 Å². The molecule has 0 radical (unpaired) electrons. The van der Waals surface area contributed by atoms with Crippen molar-refractivity contribution >= 4 is 34.1 Å². The summed E-state index contributed by atoms with van der Waals surface area (Å²) in [5, 5.41) is 2.92. The molecule has 0 saturated heterocycles. The van der Waals surface area contributed by atoms with E-state index in [4.69, 9.17) is 5.73 Å². The molecule has 1 aromatic carbocycles. The van der Waals surface area contributed by atoms with Gasteiger partial charge >= 0.3 is 0 Å². The monoisotopic (exact) mass is 367 g/mol. The minimum atomic E-state index is -0.189. The number of aryl methyl sites for hydroxylation is 1. The molecule has 0 saturated carbocycles. The van der Waals surface area contributed by atoms with E-state index >= 15 is 0 Å². The molecule has 0 atom stereocenters. The Morgan fingerprint density at radius 2 is 2.11 bits per heavy atom. The highest BCUT2D eigenvalue weighted by atomic mass is 127. The Kier molecular flexibility index (Phi) is 2.77. The highest BCUT2D eigenvalue weighted by Crippen LogP contribution is 2.24. The maximum absolute atomic E-state index is 11.8. The Bertz CT molecular complexity index is 836. The lowest BCUT2D eigenvalue weighted by molar-refractivity contribution is 0.892. The van der Waals surface area contributed by atoms with Crippen LogP contribution in [0, 0.1) is 10.5 Å². The van der Waals surface area contributed by atoms with Gasteiger partial charge in [0, 0.05) is 26.6 Å². The Hall–Kier alpha value is -1.90. The number of fused-ring (bicyclic) bond motifs is 1. The molecule has 2 aromatic heterocycles. The van der Waals surface area contributed by atoms with E-state index in [-0.39, 0.29) is 5.56 Å². The first-order valence-electron chi connectivity index (χ1n) is 5.56. The molecule has 3 rings (SSSR count). The van der Waals surface area contributed by atoms with Gasteiger partial charge in [0.05, 0.1) is 0 Å². The predicted molar refractivity (Wildman–Crippen MR) is 80.9 cm³/mol. The molecule has 0 aliphatic heterocycles. The molecule has 0 spiro atoms. The van der Waals surface area contributed by atoms with Gasteiger partial charge in [-0.05, 0) is 47.7 Å². The number of nitrogens with zero attached hydrogens (tertiary/aromatic N) is 3. The molecule has 19 heavy (non-hydrogen) atoms. The standard InChI is InChI=1S/C12H10IN5O/c1-6-4-10(19)18-12(15-6)16-11(17-18)8-5-7(13)2-3-9(8)14/h2-5H,14H2,1H3,(H,15,16,17). The number of hydrogen-bond acceptors (Lipinski definition) is 4. The number of halogens is 1. The van der Waals surface area contributed by atoms with E-state index in [1.54, 1.807) is 6.92 Å². The third-order valence-electron chi connectivity index (χ3n) is 2.73.